The number of amides is 1. The number of carbonyl (C=O) groups is 1. The van der Waals surface area contributed by atoms with Gasteiger partial charge in [0.25, 0.3) is 0 Å². The van der Waals surface area contributed by atoms with E-state index >= 15 is 0 Å². The second-order valence-corrected chi connectivity index (χ2v) is 6.30. The summed E-state index contributed by atoms with van der Waals surface area (Å²) in [7, 11) is 0. The Balaban J connectivity index is 2.55. The highest BCUT2D eigenvalue weighted by molar-refractivity contribution is 5.82. The van der Waals surface area contributed by atoms with E-state index in [0.29, 0.717) is 0 Å². The summed E-state index contributed by atoms with van der Waals surface area (Å²) in [5.74, 6) is 0.239. The van der Waals surface area contributed by atoms with Gasteiger partial charge in [0, 0.05) is 6.04 Å². The lowest BCUT2D eigenvalue weighted by molar-refractivity contribution is -0.123. The van der Waals surface area contributed by atoms with E-state index in [-0.39, 0.29) is 34.7 Å². The molecule has 0 heterocycles. The summed E-state index contributed by atoms with van der Waals surface area (Å²) in [6, 6.07) is -0.125. The average Bonchev–Trinajstić information content (AvgIpc) is 2.58. The quantitative estimate of drug-likeness (QED) is 0.769. The first-order valence-electron chi connectivity index (χ1n) is 6.22. The molecule has 1 rings (SSSR count). The maximum Gasteiger partial charge on any atom is 0.237 e. The van der Waals surface area contributed by atoms with Crippen molar-refractivity contribution in [1.82, 2.24) is 5.32 Å². The van der Waals surface area contributed by atoms with Gasteiger partial charge in [-0.3, -0.25) is 4.79 Å². The zero-order valence-corrected chi connectivity index (χ0v) is 11.4. The molecule has 0 aromatic heterocycles. The Hall–Kier alpha value is -0.570. The molecule has 1 amide bonds. The maximum atomic E-state index is 11.9. The Labute approximate surface area is 99.2 Å². The predicted octanol–water partition coefficient (Wildman–Crippen LogP) is 1.91. The van der Waals surface area contributed by atoms with Crippen molar-refractivity contribution in [2.24, 2.45) is 22.5 Å². The van der Waals surface area contributed by atoms with Crippen LogP contribution in [0.2, 0.25) is 0 Å². The van der Waals surface area contributed by atoms with Gasteiger partial charge >= 0.3 is 0 Å². The van der Waals surface area contributed by atoms with Crippen LogP contribution in [0.5, 0.6) is 0 Å². The van der Waals surface area contributed by atoms with E-state index in [0.717, 1.165) is 6.42 Å². The van der Waals surface area contributed by atoms with Crippen molar-refractivity contribution in [3.05, 3.63) is 0 Å². The molecule has 3 heteroatoms. The summed E-state index contributed by atoms with van der Waals surface area (Å²) in [5.41, 5.74) is 6.27. The normalized spacial score (nSPS) is 25.9. The van der Waals surface area contributed by atoms with Crippen LogP contribution in [0, 0.1) is 16.7 Å². The first kappa shape index (κ1) is 13.5. The van der Waals surface area contributed by atoms with Crippen molar-refractivity contribution in [3.63, 3.8) is 0 Å². The van der Waals surface area contributed by atoms with Gasteiger partial charge in [-0.25, -0.2) is 0 Å². The van der Waals surface area contributed by atoms with Crippen molar-refractivity contribution in [3.8, 4) is 0 Å². The zero-order chi connectivity index (χ0) is 12.7. The fourth-order valence-corrected chi connectivity index (χ4v) is 2.31. The van der Waals surface area contributed by atoms with E-state index in [1.54, 1.807) is 0 Å². The topological polar surface area (TPSA) is 55.1 Å². The maximum absolute atomic E-state index is 11.9. The molecule has 0 aromatic rings. The fourth-order valence-electron chi connectivity index (χ4n) is 2.31. The molecular weight excluding hydrogens is 200 g/mol. The SMILES string of the molecule is CCC(C)C(N)C(=O)NC1C(C)(C)C1(C)C. The Morgan fingerprint density at radius 1 is 1.31 bits per heavy atom. The molecular formula is C13H26N2O. The second-order valence-electron chi connectivity index (χ2n) is 6.30. The Morgan fingerprint density at radius 3 is 2.06 bits per heavy atom. The summed E-state index contributed by atoms with van der Waals surface area (Å²) >= 11 is 0. The molecule has 0 bridgehead atoms. The van der Waals surface area contributed by atoms with Gasteiger partial charge in [-0.15, -0.1) is 0 Å². The number of nitrogens with two attached hydrogens (primary N) is 1. The minimum absolute atomic E-state index is 0.00185. The Kier molecular flexibility index (Phi) is 3.39. The van der Waals surface area contributed by atoms with Crippen molar-refractivity contribution >= 4 is 5.91 Å². The third kappa shape index (κ3) is 1.97. The summed E-state index contributed by atoms with van der Waals surface area (Å²) in [4.78, 5) is 11.9. The van der Waals surface area contributed by atoms with Crippen LogP contribution in [0.3, 0.4) is 0 Å². The van der Waals surface area contributed by atoms with E-state index in [4.69, 9.17) is 5.73 Å². The lowest BCUT2D eigenvalue weighted by Crippen LogP contribution is -2.46. The lowest BCUT2D eigenvalue weighted by Gasteiger charge is -2.18. The van der Waals surface area contributed by atoms with Crippen molar-refractivity contribution in [2.75, 3.05) is 0 Å². The monoisotopic (exact) mass is 226 g/mol. The fraction of sp³-hybridized carbons (Fsp3) is 0.923. The van der Waals surface area contributed by atoms with Crippen molar-refractivity contribution in [2.45, 2.75) is 60.0 Å². The third-order valence-electron chi connectivity index (χ3n) is 4.87. The number of hydrogen-bond donors (Lipinski definition) is 2. The zero-order valence-electron chi connectivity index (χ0n) is 11.4. The summed E-state index contributed by atoms with van der Waals surface area (Å²) in [5, 5.41) is 3.09. The minimum Gasteiger partial charge on any atom is -0.351 e. The number of hydrogen-bond acceptors (Lipinski definition) is 2. The van der Waals surface area contributed by atoms with Crippen LogP contribution in [-0.2, 0) is 4.79 Å². The van der Waals surface area contributed by atoms with Gasteiger partial charge in [-0.1, -0.05) is 48.0 Å². The molecule has 0 spiro atoms. The molecule has 2 unspecified atom stereocenters. The van der Waals surface area contributed by atoms with Gasteiger partial charge in [0.15, 0.2) is 0 Å². The Morgan fingerprint density at radius 2 is 1.75 bits per heavy atom. The van der Waals surface area contributed by atoms with Crippen LogP contribution in [-0.4, -0.2) is 18.0 Å². The lowest BCUT2D eigenvalue weighted by atomic mass is 9.99. The van der Waals surface area contributed by atoms with Gasteiger partial charge in [-0.2, -0.15) is 0 Å². The summed E-state index contributed by atoms with van der Waals surface area (Å²) in [6.07, 6.45) is 0.937. The van der Waals surface area contributed by atoms with Crippen LogP contribution < -0.4 is 11.1 Å². The number of rotatable bonds is 4. The molecule has 0 saturated heterocycles. The molecule has 1 aliphatic rings. The van der Waals surface area contributed by atoms with Crippen LogP contribution in [0.25, 0.3) is 0 Å². The molecule has 16 heavy (non-hydrogen) atoms. The minimum atomic E-state index is -0.378. The summed E-state index contributed by atoms with van der Waals surface area (Å²) in [6.45, 7) is 12.8. The van der Waals surface area contributed by atoms with Crippen LogP contribution in [0.4, 0.5) is 0 Å². The van der Waals surface area contributed by atoms with Gasteiger partial charge < -0.3 is 11.1 Å². The molecule has 0 aliphatic heterocycles. The molecule has 94 valence electrons. The highest BCUT2D eigenvalue weighted by Gasteiger charge is 2.65. The Bertz CT molecular complexity index is 270. The number of nitrogens with one attached hydrogen (secondary N) is 1. The molecule has 1 aliphatic carbocycles. The molecule has 0 radical (unpaired) electrons. The molecule has 3 nitrogen and oxygen atoms in total. The average molecular weight is 226 g/mol. The molecule has 1 saturated carbocycles. The molecule has 2 atom stereocenters. The van der Waals surface area contributed by atoms with Gasteiger partial charge in [0.2, 0.25) is 5.91 Å². The van der Waals surface area contributed by atoms with E-state index < -0.39 is 0 Å². The third-order valence-corrected chi connectivity index (χ3v) is 4.87. The van der Waals surface area contributed by atoms with Crippen LogP contribution in [0.1, 0.15) is 48.0 Å². The van der Waals surface area contributed by atoms with Crippen molar-refractivity contribution < 1.29 is 4.79 Å². The van der Waals surface area contributed by atoms with E-state index in [9.17, 15) is 4.79 Å². The standard InChI is InChI=1S/C13H26N2O/c1-7-8(2)9(14)10(16)15-11-12(3,4)13(11,5)6/h8-9,11H,7,14H2,1-6H3,(H,15,16). The highest BCUT2D eigenvalue weighted by Crippen LogP contribution is 2.62. The van der Waals surface area contributed by atoms with Gasteiger partial charge in [-0.05, 0) is 16.7 Å². The predicted molar refractivity (Wildman–Crippen MR) is 66.9 cm³/mol. The van der Waals surface area contributed by atoms with Crippen LogP contribution in [0.15, 0.2) is 0 Å². The van der Waals surface area contributed by atoms with Gasteiger partial charge in [0.1, 0.15) is 0 Å². The highest BCUT2D eigenvalue weighted by atomic mass is 16.2. The first-order valence-corrected chi connectivity index (χ1v) is 6.22. The first-order chi connectivity index (χ1) is 7.16. The van der Waals surface area contributed by atoms with Crippen LogP contribution >= 0.6 is 0 Å². The molecule has 0 aromatic carbocycles. The summed E-state index contributed by atoms with van der Waals surface area (Å²) < 4.78 is 0. The second kappa shape index (κ2) is 4.02. The van der Waals surface area contributed by atoms with Crippen molar-refractivity contribution in [1.29, 1.82) is 0 Å². The van der Waals surface area contributed by atoms with E-state index in [2.05, 4.69) is 39.9 Å². The van der Waals surface area contributed by atoms with Gasteiger partial charge in [0.05, 0.1) is 6.04 Å². The van der Waals surface area contributed by atoms with E-state index in [1.165, 1.54) is 0 Å². The van der Waals surface area contributed by atoms with E-state index in [1.807, 2.05) is 6.92 Å². The molecule has 1 fully saturated rings. The molecule has 3 N–H and O–H groups in total. The smallest absolute Gasteiger partial charge is 0.237 e. The largest absolute Gasteiger partial charge is 0.351 e. The number of carbonyl (C=O) groups excluding carboxylic acids is 1.